The van der Waals surface area contributed by atoms with Crippen LogP contribution in [0.3, 0.4) is 0 Å². The zero-order valence-electron chi connectivity index (χ0n) is 11.7. The fraction of sp³-hybridized carbons (Fsp3) is 0.909. The first-order valence-corrected chi connectivity index (χ1v) is 5.58. The molecule has 0 saturated carbocycles. The number of carbonyl (C=O) groups is 1. The zero-order chi connectivity index (χ0) is 16.6. The zero-order valence-corrected chi connectivity index (χ0v) is 11.7. The van der Waals surface area contributed by atoms with Gasteiger partial charge in [-0.1, -0.05) is 0 Å². The molecule has 0 aromatic carbocycles. The standard InChI is InChI=1S/C11H17F6NO2/c1-8(2,7(19)20-5)6-9(3,4)18(10(12,13)14)11(15,16)17/h6H2,1-5H3. The number of carbonyl (C=O) groups excluding carboxylic acids is 1. The number of hydrogen-bond donors (Lipinski definition) is 0. The normalized spacial score (nSPS) is 14.6. The second-order valence-corrected chi connectivity index (χ2v) is 5.64. The van der Waals surface area contributed by atoms with Crippen LogP contribution in [0.2, 0.25) is 0 Å². The van der Waals surface area contributed by atoms with Gasteiger partial charge in [-0.05, 0) is 34.1 Å². The van der Waals surface area contributed by atoms with Crippen LogP contribution in [0.4, 0.5) is 26.3 Å². The van der Waals surface area contributed by atoms with Crippen molar-refractivity contribution < 1.29 is 35.9 Å². The molecule has 0 unspecified atom stereocenters. The summed E-state index contributed by atoms with van der Waals surface area (Å²) in [6.07, 6.45) is -11.9. The molecule has 0 radical (unpaired) electrons. The molecule has 0 aliphatic heterocycles. The predicted molar refractivity (Wildman–Crippen MR) is 58.4 cm³/mol. The van der Waals surface area contributed by atoms with Crippen molar-refractivity contribution in [3.05, 3.63) is 0 Å². The Labute approximate surface area is 112 Å². The smallest absolute Gasteiger partial charge is 0.467 e. The van der Waals surface area contributed by atoms with E-state index in [1.54, 1.807) is 0 Å². The molecule has 0 aromatic heterocycles. The van der Waals surface area contributed by atoms with E-state index in [0.717, 1.165) is 21.0 Å². The second kappa shape index (κ2) is 5.42. The Morgan fingerprint density at radius 1 is 0.950 bits per heavy atom. The van der Waals surface area contributed by atoms with Gasteiger partial charge in [-0.3, -0.25) is 4.79 Å². The summed E-state index contributed by atoms with van der Waals surface area (Å²) in [5, 5.41) is 0. The summed E-state index contributed by atoms with van der Waals surface area (Å²) in [4.78, 5) is 9.93. The highest BCUT2D eigenvalue weighted by molar-refractivity contribution is 5.75. The van der Waals surface area contributed by atoms with Gasteiger partial charge in [0.15, 0.2) is 0 Å². The molecule has 0 fully saturated rings. The third-order valence-electron chi connectivity index (χ3n) is 2.72. The summed E-state index contributed by atoms with van der Waals surface area (Å²) in [7, 11) is 1.02. The van der Waals surface area contributed by atoms with E-state index in [1.165, 1.54) is 13.8 Å². The van der Waals surface area contributed by atoms with Crippen LogP contribution in [0.1, 0.15) is 34.1 Å². The molecule has 0 aromatic rings. The Morgan fingerprint density at radius 3 is 1.55 bits per heavy atom. The van der Waals surface area contributed by atoms with Gasteiger partial charge in [-0.15, -0.1) is 4.90 Å². The van der Waals surface area contributed by atoms with E-state index in [4.69, 9.17) is 0 Å². The van der Waals surface area contributed by atoms with Crippen LogP contribution in [0.15, 0.2) is 0 Å². The Kier molecular flexibility index (Phi) is 5.15. The summed E-state index contributed by atoms with van der Waals surface area (Å²) >= 11 is 0. The van der Waals surface area contributed by atoms with Crippen molar-refractivity contribution in [3.63, 3.8) is 0 Å². The molecular weight excluding hydrogens is 292 g/mol. The molecule has 0 N–H and O–H groups in total. The molecule has 0 heterocycles. The molecule has 0 amide bonds. The molecule has 3 nitrogen and oxygen atoms in total. The van der Waals surface area contributed by atoms with Gasteiger partial charge in [0.05, 0.1) is 12.5 Å². The van der Waals surface area contributed by atoms with Crippen molar-refractivity contribution >= 4 is 5.97 Å². The quantitative estimate of drug-likeness (QED) is 0.450. The van der Waals surface area contributed by atoms with Gasteiger partial charge in [0.1, 0.15) is 0 Å². The summed E-state index contributed by atoms with van der Waals surface area (Å²) in [6, 6.07) is 0. The SMILES string of the molecule is COC(=O)C(C)(C)CC(C)(C)N(C(F)(F)F)C(F)(F)F. The second-order valence-electron chi connectivity index (χ2n) is 5.64. The van der Waals surface area contributed by atoms with Crippen LogP contribution in [-0.2, 0) is 9.53 Å². The van der Waals surface area contributed by atoms with E-state index in [-0.39, 0.29) is 0 Å². The number of rotatable bonds is 4. The number of esters is 1. The summed E-state index contributed by atoms with van der Waals surface area (Å²) in [5.74, 6) is -0.880. The van der Waals surface area contributed by atoms with E-state index in [1.807, 2.05) is 0 Å². The molecule has 120 valence electrons. The van der Waals surface area contributed by atoms with Crippen molar-refractivity contribution in [2.45, 2.75) is 52.3 Å². The van der Waals surface area contributed by atoms with Crippen molar-refractivity contribution in [1.29, 1.82) is 0 Å². The molecule has 0 bridgehead atoms. The van der Waals surface area contributed by atoms with Crippen molar-refractivity contribution in [2.75, 3.05) is 7.11 Å². The van der Waals surface area contributed by atoms with Crippen LogP contribution in [0.25, 0.3) is 0 Å². The number of halogens is 6. The Balaban J connectivity index is 5.53. The van der Waals surface area contributed by atoms with Crippen LogP contribution in [-0.4, -0.2) is 36.1 Å². The van der Waals surface area contributed by atoms with Crippen LogP contribution < -0.4 is 0 Å². The Morgan fingerprint density at radius 2 is 1.30 bits per heavy atom. The van der Waals surface area contributed by atoms with Gasteiger partial charge in [0, 0.05) is 5.54 Å². The molecule has 0 saturated heterocycles. The minimum Gasteiger partial charge on any atom is -0.469 e. The van der Waals surface area contributed by atoms with Gasteiger partial charge in [0.25, 0.3) is 0 Å². The number of methoxy groups -OCH3 is 1. The summed E-state index contributed by atoms with van der Waals surface area (Å²) < 4.78 is 80.3. The highest BCUT2D eigenvalue weighted by Crippen LogP contribution is 2.44. The lowest BCUT2D eigenvalue weighted by Crippen LogP contribution is -2.60. The lowest BCUT2D eigenvalue weighted by molar-refractivity contribution is -0.399. The van der Waals surface area contributed by atoms with Gasteiger partial charge < -0.3 is 4.74 Å². The molecule has 20 heavy (non-hydrogen) atoms. The van der Waals surface area contributed by atoms with E-state index in [2.05, 4.69) is 4.74 Å². The first-order valence-electron chi connectivity index (χ1n) is 5.58. The van der Waals surface area contributed by atoms with Gasteiger partial charge >= 0.3 is 18.6 Å². The van der Waals surface area contributed by atoms with E-state index < -0.39 is 40.8 Å². The van der Waals surface area contributed by atoms with Crippen molar-refractivity contribution in [2.24, 2.45) is 5.41 Å². The molecule has 0 aliphatic rings. The van der Waals surface area contributed by atoms with E-state index in [0.29, 0.717) is 0 Å². The molecule has 0 atom stereocenters. The summed E-state index contributed by atoms with van der Waals surface area (Å²) in [5.41, 5.74) is -3.86. The molecule has 0 aliphatic carbocycles. The number of alkyl halides is 6. The van der Waals surface area contributed by atoms with Crippen LogP contribution >= 0.6 is 0 Å². The topological polar surface area (TPSA) is 29.5 Å². The fourth-order valence-electron chi connectivity index (χ4n) is 2.34. The lowest BCUT2D eigenvalue weighted by atomic mass is 9.79. The maximum absolute atomic E-state index is 12.7. The number of ether oxygens (including phenoxy) is 1. The first-order chi connectivity index (χ1) is 8.55. The minimum atomic E-state index is -5.60. The van der Waals surface area contributed by atoms with Crippen LogP contribution in [0, 0.1) is 5.41 Å². The number of hydrogen-bond acceptors (Lipinski definition) is 3. The number of nitrogens with zero attached hydrogens (tertiary/aromatic N) is 1. The predicted octanol–water partition coefficient (Wildman–Crippen LogP) is 3.70. The molecule has 0 spiro atoms. The molecule has 9 heteroatoms. The molecular formula is C11H17F6NO2. The maximum atomic E-state index is 12.7. The first kappa shape index (κ1) is 19.0. The average Bonchev–Trinajstić information content (AvgIpc) is 2.07. The van der Waals surface area contributed by atoms with Gasteiger partial charge in [0.2, 0.25) is 0 Å². The minimum absolute atomic E-state index is 0.689. The molecule has 0 rings (SSSR count). The van der Waals surface area contributed by atoms with E-state index >= 15 is 0 Å². The largest absolute Gasteiger partial charge is 0.469 e. The third-order valence-corrected chi connectivity index (χ3v) is 2.72. The summed E-state index contributed by atoms with van der Waals surface area (Å²) in [6.45, 7) is 4.01. The Bertz CT molecular complexity index is 345. The Hall–Kier alpha value is -0.990. The maximum Gasteiger partial charge on any atom is 0.467 e. The van der Waals surface area contributed by atoms with Crippen LogP contribution in [0.5, 0.6) is 0 Å². The lowest BCUT2D eigenvalue weighted by Gasteiger charge is -2.43. The monoisotopic (exact) mass is 309 g/mol. The average molecular weight is 309 g/mol. The van der Waals surface area contributed by atoms with Crippen molar-refractivity contribution in [1.82, 2.24) is 4.90 Å². The highest BCUT2D eigenvalue weighted by Gasteiger charge is 2.61. The third kappa shape index (κ3) is 4.53. The van der Waals surface area contributed by atoms with E-state index in [9.17, 15) is 31.1 Å². The van der Waals surface area contributed by atoms with Crippen molar-refractivity contribution in [3.8, 4) is 0 Å². The van der Waals surface area contributed by atoms with Gasteiger partial charge in [-0.25, -0.2) is 0 Å². The van der Waals surface area contributed by atoms with Gasteiger partial charge in [-0.2, -0.15) is 26.3 Å². The fourth-order valence-corrected chi connectivity index (χ4v) is 2.34. The highest BCUT2D eigenvalue weighted by atomic mass is 19.4.